The second kappa shape index (κ2) is 8.66. The van der Waals surface area contributed by atoms with Gasteiger partial charge < -0.3 is 13.9 Å². The van der Waals surface area contributed by atoms with Crippen LogP contribution in [0.5, 0.6) is 11.5 Å². The summed E-state index contributed by atoms with van der Waals surface area (Å²) in [6.45, 7) is 1.61. The minimum atomic E-state index is -0.339. The molecule has 1 aromatic heterocycles. The summed E-state index contributed by atoms with van der Waals surface area (Å²) in [7, 11) is 1.55. The zero-order valence-corrected chi connectivity index (χ0v) is 17.7. The highest BCUT2D eigenvalue weighted by Crippen LogP contribution is 2.32. The zero-order valence-electron chi connectivity index (χ0n) is 17.0. The summed E-state index contributed by atoms with van der Waals surface area (Å²) in [4.78, 5) is 25.8. The number of ether oxygens (including phenoxy) is 2. The lowest BCUT2D eigenvalue weighted by Crippen LogP contribution is -2.17. The average molecular weight is 435 g/mol. The molecule has 4 aromatic rings. The summed E-state index contributed by atoms with van der Waals surface area (Å²) in [6.07, 6.45) is 0. The molecule has 5 nitrogen and oxygen atoms in total. The summed E-state index contributed by atoms with van der Waals surface area (Å²) in [5.74, 6) is 0.615. The Kier molecular flexibility index (Phi) is 5.78. The molecule has 0 aliphatic rings. The van der Waals surface area contributed by atoms with Crippen molar-refractivity contribution < 1.29 is 18.7 Å². The van der Waals surface area contributed by atoms with Crippen LogP contribution in [-0.4, -0.2) is 19.5 Å². The second-order valence-electron chi connectivity index (χ2n) is 7.04. The zero-order chi connectivity index (χ0) is 22.0. The number of fused-ring (bicyclic) bond motifs is 1. The molecule has 31 heavy (non-hydrogen) atoms. The van der Waals surface area contributed by atoms with Gasteiger partial charge in [0.25, 0.3) is 0 Å². The first-order valence-corrected chi connectivity index (χ1v) is 9.97. The topological polar surface area (TPSA) is 65.7 Å². The highest BCUT2D eigenvalue weighted by Gasteiger charge is 2.19. The first-order valence-electron chi connectivity index (χ1n) is 9.59. The molecule has 0 unspecified atom stereocenters. The van der Waals surface area contributed by atoms with Crippen molar-refractivity contribution in [1.29, 1.82) is 0 Å². The third kappa shape index (κ3) is 4.32. The number of carbonyl (C=O) groups is 1. The number of halogens is 1. The number of ketones is 1. The Morgan fingerprint density at radius 2 is 1.71 bits per heavy atom. The molecule has 0 aliphatic carbocycles. The smallest absolute Gasteiger partial charge is 0.235 e. The van der Waals surface area contributed by atoms with Crippen LogP contribution in [0.1, 0.15) is 15.9 Å². The molecule has 1 heterocycles. The molecule has 0 amide bonds. The SMILES string of the molecule is COc1ccc(C(=O)COc2c(-c3ccc(Cl)cc3)oc3cc(C)ccc3c2=O)cc1. The van der Waals surface area contributed by atoms with E-state index in [0.717, 1.165) is 5.56 Å². The van der Waals surface area contributed by atoms with Crippen molar-refractivity contribution in [3.63, 3.8) is 0 Å². The number of hydrogen-bond acceptors (Lipinski definition) is 5. The number of hydrogen-bond donors (Lipinski definition) is 0. The molecule has 0 fully saturated rings. The van der Waals surface area contributed by atoms with Crippen LogP contribution in [0.3, 0.4) is 0 Å². The van der Waals surface area contributed by atoms with Gasteiger partial charge in [-0.05, 0) is 73.2 Å². The van der Waals surface area contributed by atoms with Crippen LogP contribution in [0.15, 0.2) is 75.9 Å². The fourth-order valence-corrected chi connectivity index (χ4v) is 3.33. The lowest BCUT2D eigenvalue weighted by Gasteiger charge is -2.12. The third-order valence-electron chi connectivity index (χ3n) is 4.87. The monoisotopic (exact) mass is 434 g/mol. The summed E-state index contributed by atoms with van der Waals surface area (Å²) >= 11 is 6.00. The molecule has 0 spiro atoms. The predicted octanol–water partition coefficient (Wildman–Crippen LogP) is 5.69. The van der Waals surface area contributed by atoms with E-state index in [0.29, 0.717) is 32.9 Å². The summed E-state index contributed by atoms with van der Waals surface area (Å²) in [6, 6.07) is 18.9. The fraction of sp³-hybridized carbons (Fsp3) is 0.120. The van der Waals surface area contributed by atoms with E-state index in [2.05, 4.69) is 0 Å². The molecule has 3 aromatic carbocycles. The van der Waals surface area contributed by atoms with Crippen LogP contribution >= 0.6 is 11.6 Å². The average Bonchev–Trinajstić information content (AvgIpc) is 2.78. The normalized spacial score (nSPS) is 10.8. The van der Waals surface area contributed by atoms with E-state index in [4.69, 9.17) is 25.5 Å². The summed E-state index contributed by atoms with van der Waals surface area (Å²) in [5.41, 5.74) is 2.14. The lowest BCUT2D eigenvalue weighted by molar-refractivity contribution is 0.0920. The number of rotatable bonds is 6. The van der Waals surface area contributed by atoms with E-state index < -0.39 is 0 Å². The Balaban J connectivity index is 1.74. The van der Waals surface area contributed by atoms with Gasteiger partial charge in [0, 0.05) is 16.1 Å². The van der Waals surface area contributed by atoms with Crippen molar-refractivity contribution in [3.05, 3.63) is 93.1 Å². The molecule has 0 saturated heterocycles. The van der Waals surface area contributed by atoms with Gasteiger partial charge in [-0.3, -0.25) is 9.59 Å². The van der Waals surface area contributed by atoms with E-state index in [1.807, 2.05) is 13.0 Å². The van der Waals surface area contributed by atoms with E-state index in [-0.39, 0.29) is 29.3 Å². The first-order chi connectivity index (χ1) is 15.0. The molecule has 6 heteroatoms. The molecule has 0 N–H and O–H groups in total. The van der Waals surface area contributed by atoms with Crippen molar-refractivity contribution in [2.45, 2.75) is 6.92 Å². The molecular weight excluding hydrogens is 416 g/mol. The number of benzene rings is 3. The first kappa shape index (κ1) is 20.7. The van der Waals surface area contributed by atoms with E-state index >= 15 is 0 Å². The van der Waals surface area contributed by atoms with Gasteiger partial charge in [0.15, 0.2) is 18.2 Å². The van der Waals surface area contributed by atoms with Gasteiger partial charge in [-0.1, -0.05) is 17.7 Å². The molecule has 0 saturated carbocycles. The minimum absolute atomic E-state index is 0.0134. The molecular formula is C25H19ClO5. The van der Waals surface area contributed by atoms with Gasteiger partial charge in [0.2, 0.25) is 11.2 Å². The fourth-order valence-electron chi connectivity index (χ4n) is 3.20. The Hall–Kier alpha value is -3.57. The summed E-state index contributed by atoms with van der Waals surface area (Å²) in [5, 5.41) is 0.940. The van der Waals surface area contributed by atoms with Crippen molar-refractivity contribution in [1.82, 2.24) is 0 Å². The van der Waals surface area contributed by atoms with Gasteiger partial charge >= 0.3 is 0 Å². The summed E-state index contributed by atoms with van der Waals surface area (Å²) < 4.78 is 16.9. The van der Waals surface area contributed by atoms with Crippen LogP contribution in [0, 0.1) is 6.92 Å². The van der Waals surface area contributed by atoms with Crippen LogP contribution in [0.25, 0.3) is 22.3 Å². The van der Waals surface area contributed by atoms with Gasteiger partial charge in [-0.15, -0.1) is 0 Å². The van der Waals surface area contributed by atoms with Crippen molar-refractivity contribution in [2.24, 2.45) is 0 Å². The van der Waals surface area contributed by atoms with Crippen LogP contribution in [-0.2, 0) is 0 Å². The Morgan fingerprint density at radius 3 is 2.39 bits per heavy atom. The number of Topliss-reactive ketones (excluding diaryl/α,β-unsaturated/α-hetero) is 1. The molecule has 0 bridgehead atoms. The quantitative estimate of drug-likeness (QED) is 0.364. The Labute approximate surface area is 183 Å². The molecule has 0 atom stereocenters. The number of methoxy groups -OCH3 is 1. The van der Waals surface area contributed by atoms with Gasteiger partial charge in [-0.25, -0.2) is 0 Å². The van der Waals surface area contributed by atoms with E-state index in [1.54, 1.807) is 67.8 Å². The van der Waals surface area contributed by atoms with Gasteiger partial charge in [0.1, 0.15) is 11.3 Å². The number of aryl methyl sites for hydroxylation is 1. The molecule has 4 rings (SSSR count). The standard InChI is InChI=1S/C25H19ClO5/c1-15-3-12-20-22(13-15)31-24(17-4-8-18(26)9-5-17)25(23(20)28)30-14-21(27)16-6-10-19(29-2)11-7-16/h3-13H,14H2,1-2H3. The van der Waals surface area contributed by atoms with Gasteiger partial charge in [-0.2, -0.15) is 0 Å². The van der Waals surface area contributed by atoms with Gasteiger partial charge in [0.05, 0.1) is 12.5 Å². The Morgan fingerprint density at radius 1 is 1.00 bits per heavy atom. The molecule has 0 aliphatic heterocycles. The number of carbonyl (C=O) groups excluding carboxylic acids is 1. The Bertz CT molecular complexity index is 1310. The van der Waals surface area contributed by atoms with Crippen molar-refractivity contribution in [3.8, 4) is 22.8 Å². The highest BCUT2D eigenvalue weighted by molar-refractivity contribution is 6.30. The van der Waals surface area contributed by atoms with E-state index in [1.165, 1.54) is 0 Å². The maximum absolute atomic E-state index is 13.2. The van der Waals surface area contributed by atoms with Crippen LogP contribution < -0.4 is 14.9 Å². The van der Waals surface area contributed by atoms with Crippen LogP contribution in [0.4, 0.5) is 0 Å². The third-order valence-corrected chi connectivity index (χ3v) is 5.12. The van der Waals surface area contributed by atoms with Crippen molar-refractivity contribution in [2.75, 3.05) is 13.7 Å². The minimum Gasteiger partial charge on any atom is -0.497 e. The van der Waals surface area contributed by atoms with Crippen molar-refractivity contribution >= 4 is 28.4 Å². The maximum Gasteiger partial charge on any atom is 0.235 e. The maximum atomic E-state index is 13.2. The predicted molar refractivity (Wildman–Crippen MR) is 120 cm³/mol. The second-order valence-corrected chi connectivity index (χ2v) is 7.47. The highest BCUT2D eigenvalue weighted by atomic mass is 35.5. The lowest BCUT2D eigenvalue weighted by atomic mass is 10.1. The largest absolute Gasteiger partial charge is 0.497 e. The molecule has 156 valence electrons. The van der Waals surface area contributed by atoms with E-state index in [9.17, 15) is 9.59 Å². The van der Waals surface area contributed by atoms with Crippen LogP contribution in [0.2, 0.25) is 5.02 Å². The molecule has 0 radical (unpaired) electrons.